The van der Waals surface area contributed by atoms with Crippen LogP contribution in [0, 0.1) is 3.57 Å². The first-order chi connectivity index (χ1) is 17.9. The van der Waals surface area contributed by atoms with Crippen molar-refractivity contribution in [3.8, 4) is 17.2 Å². The van der Waals surface area contributed by atoms with E-state index >= 15 is 0 Å². The number of urea groups is 1. The molecule has 1 aliphatic heterocycles. The fourth-order valence-corrected chi connectivity index (χ4v) is 4.38. The van der Waals surface area contributed by atoms with Crippen LogP contribution in [0.25, 0.3) is 6.08 Å². The van der Waals surface area contributed by atoms with Crippen molar-refractivity contribution in [1.82, 2.24) is 5.32 Å². The van der Waals surface area contributed by atoms with E-state index in [1.165, 1.54) is 13.2 Å². The van der Waals surface area contributed by atoms with Gasteiger partial charge in [0.2, 0.25) is 0 Å². The molecule has 0 radical (unpaired) electrons. The van der Waals surface area contributed by atoms with Crippen LogP contribution in [0.1, 0.15) is 11.1 Å². The van der Waals surface area contributed by atoms with E-state index < -0.39 is 17.8 Å². The van der Waals surface area contributed by atoms with Gasteiger partial charge in [0.15, 0.2) is 11.5 Å². The third-order valence-corrected chi connectivity index (χ3v) is 6.15. The van der Waals surface area contributed by atoms with Crippen molar-refractivity contribution in [1.29, 1.82) is 0 Å². The Morgan fingerprint density at radius 2 is 1.73 bits per heavy atom. The van der Waals surface area contributed by atoms with E-state index in [2.05, 4.69) is 34.5 Å². The zero-order chi connectivity index (χ0) is 26.4. The van der Waals surface area contributed by atoms with Crippen LogP contribution in [0.3, 0.4) is 0 Å². The highest BCUT2D eigenvalue weighted by Gasteiger charge is 2.37. The first kappa shape index (κ1) is 26.0. The second-order valence-corrected chi connectivity index (χ2v) is 9.02. The van der Waals surface area contributed by atoms with Gasteiger partial charge in [0.05, 0.1) is 16.4 Å². The number of carbonyl (C=O) groups is 3. The predicted octanol–water partition coefficient (Wildman–Crippen LogP) is 5.11. The molecule has 4 rings (SSSR count). The minimum atomic E-state index is -0.828. The maximum absolute atomic E-state index is 13.3. The number of hydrogen-bond donors (Lipinski definition) is 1. The standard InChI is InChI=1S/C28H23IN2O6/c1-3-13-36-25-23(29)15-19(16-24(25)35-2)14-22-26(32)30-28(34)31(27(22)33)20-9-11-21(12-10-20)37-17-18-7-5-4-6-8-18/h3-12,14-16H,1,13,17H2,2H3,(H,30,32,34)/b22-14+. The van der Waals surface area contributed by atoms with Crippen molar-refractivity contribution in [3.63, 3.8) is 0 Å². The van der Waals surface area contributed by atoms with Crippen molar-refractivity contribution < 1.29 is 28.6 Å². The van der Waals surface area contributed by atoms with Crippen LogP contribution < -0.4 is 24.4 Å². The number of halogens is 1. The van der Waals surface area contributed by atoms with Gasteiger partial charge in [0, 0.05) is 0 Å². The molecule has 1 aliphatic rings. The van der Waals surface area contributed by atoms with Crippen molar-refractivity contribution in [3.05, 3.63) is 99.7 Å². The third-order valence-electron chi connectivity index (χ3n) is 5.35. The minimum Gasteiger partial charge on any atom is -0.493 e. The van der Waals surface area contributed by atoms with E-state index in [-0.39, 0.29) is 5.57 Å². The van der Waals surface area contributed by atoms with Crippen molar-refractivity contribution >= 4 is 52.2 Å². The van der Waals surface area contributed by atoms with Gasteiger partial charge in [0.25, 0.3) is 11.8 Å². The third kappa shape index (κ3) is 6.00. The van der Waals surface area contributed by atoms with E-state index in [1.807, 2.05) is 30.3 Å². The minimum absolute atomic E-state index is 0.193. The Balaban J connectivity index is 1.57. The topological polar surface area (TPSA) is 94.2 Å². The van der Waals surface area contributed by atoms with E-state index in [0.29, 0.717) is 45.3 Å². The Morgan fingerprint density at radius 1 is 1.00 bits per heavy atom. The molecule has 1 fully saturated rings. The molecule has 9 heteroatoms. The molecule has 4 amide bonds. The van der Waals surface area contributed by atoms with Crippen LogP contribution in [0.15, 0.2) is 85.0 Å². The van der Waals surface area contributed by atoms with Gasteiger partial charge in [-0.05, 0) is 76.2 Å². The van der Waals surface area contributed by atoms with E-state index in [0.717, 1.165) is 10.5 Å². The molecule has 3 aromatic carbocycles. The number of barbiturate groups is 1. The number of carbonyl (C=O) groups excluding carboxylic acids is 3. The highest BCUT2D eigenvalue weighted by Crippen LogP contribution is 2.35. The van der Waals surface area contributed by atoms with Gasteiger partial charge in [0.1, 0.15) is 24.5 Å². The molecule has 0 saturated carbocycles. The monoisotopic (exact) mass is 610 g/mol. The Kier molecular flexibility index (Phi) is 8.24. The summed E-state index contributed by atoms with van der Waals surface area (Å²) in [6.45, 7) is 4.31. The highest BCUT2D eigenvalue weighted by molar-refractivity contribution is 14.1. The lowest BCUT2D eigenvalue weighted by atomic mass is 10.1. The Morgan fingerprint density at radius 3 is 2.41 bits per heavy atom. The molecule has 0 aliphatic carbocycles. The molecule has 1 saturated heterocycles. The van der Waals surface area contributed by atoms with E-state index in [4.69, 9.17) is 14.2 Å². The molecule has 1 heterocycles. The molecule has 0 spiro atoms. The summed E-state index contributed by atoms with van der Waals surface area (Å²) in [5, 5.41) is 2.23. The number of rotatable bonds is 9. The van der Waals surface area contributed by atoms with Gasteiger partial charge in [-0.2, -0.15) is 0 Å². The fourth-order valence-electron chi connectivity index (χ4n) is 3.60. The van der Waals surface area contributed by atoms with Crippen LogP contribution in [-0.4, -0.2) is 31.6 Å². The molecular weight excluding hydrogens is 587 g/mol. The van der Waals surface area contributed by atoms with Gasteiger partial charge in [-0.15, -0.1) is 0 Å². The summed E-state index contributed by atoms with van der Waals surface area (Å²) in [5.74, 6) is 0.00618. The molecule has 0 aromatic heterocycles. The summed E-state index contributed by atoms with van der Waals surface area (Å²) in [6, 6.07) is 18.7. The molecule has 0 bridgehead atoms. The smallest absolute Gasteiger partial charge is 0.335 e. The molecule has 188 valence electrons. The highest BCUT2D eigenvalue weighted by atomic mass is 127. The Labute approximate surface area is 227 Å². The molecular formula is C28H23IN2O6. The van der Waals surface area contributed by atoms with Gasteiger partial charge in [-0.3, -0.25) is 14.9 Å². The second kappa shape index (κ2) is 11.7. The average Bonchev–Trinajstić information content (AvgIpc) is 2.90. The molecule has 0 atom stereocenters. The van der Waals surface area contributed by atoms with Crippen molar-refractivity contribution in [2.75, 3.05) is 18.6 Å². The summed E-state index contributed by atoms with van der Waals surface area (Å²) in [6.07, 6.45) is 3.03. The lowest BCUT2D eigenvalue weighted by Crippen LogP contribution is -2.54. The zero-order valence-electron chi connectivity index (χ0n) is 19.9. The zero-order valence-corrected chi connectivity index (χ0v) is 22.1. The lowest BCUT2D eigenvalue weighted by molar-refractivity contribution is -0.122. The van der Waals surface area contributed by atoms with Gasteiger partial charge in [-0.1, -0.05) is 43.0 Å². The molecule has 0 unspecified atom stereocenters. The first-order valence-corrected chi connectivity index (χ1v) is 12.3. The van der Waals surface area contributed by atoms with Gasteiger partial charge in [-0.25, -0.2) is 9.69 Å². The van der Waals surface area contributed by atoms with Gasteiger partial charge >= 0.3 is 6.03 Å². The maximum Gasteiger partial charge on any atom is 0.335 e. The Hall–Kier alpha value is -4.12. The number of methoxy groups -OCH3 is 1. The summed E-state index contributed by atoms with van der Waals surface area (Å²) >= 11 is 2.08. The average molecular weight is 610 g/mol. The number of hydrogen-bond acceptors (Lipinski definition) is 6. The van der Waals surface area contributed by atoms with Gasteiger partial charge < -0.3 is 14.2 Å². The molecule has 37 heavy (non-hydrogen) atoms. The van der Waals surface area contributed by atoms with Crippen LogP contribution in [0.2, 0.25) is 0 Å². The van der Waals surface area contributed by atoms with E-state index in [1.54, 1.807) is 42.5 Å². The summed E-state index contributed by atoms with van der Waals surface area (Å²) in [4.78, 5) is 39.3. The summed E-state index contributed by atoms with van der Waals surface area (Å²) in [7, 11) is 1.50. The van der Waals surface area contributed by atoms with Crippen molar-refractivity contribution in [2.45, 2.75) is 6.61 Å². The number of nitrogens with zero attached hydrogens (tertiary/aromatic N) is 1. The van der Waals surface area contributed by atoms with E-state index in [9.17, 15) is 14.4 Å². The van der Waals surface area contributed by atoms with Crippen LogP contribution in [0.4, 0.5) is 10.5 Å². The number of imide groups is 2. The normalized spacial score (nSPS) is 14.4. The number of ether oxygens (including phenoxy) is 3. The molecule has 1 N–H and O–H groups in total. The summed E-state index contributed by atoms with van der Waals surface area (Å²) in [5.41, 5.74) is 1.65. The number of nitrogens with one attached hydrogen (secondary N) is 1. The number of amides is 4. The predicted molar refractivity (Wildman–Crippen MR) is 148 cm³/mol. The second-order valence-electron chi connectivity index (χ2n) is 7.86. The lowest BCUT2D eigenvalue weighted by Gasteiger charge is -2.26. The number of benzene rings is 3. The quantitative estimate of drug-likeness (QED) is 0.157. The largest absolute Gasteiger partial charge is 0.493 e. The molecule has 8 nitrogen and oxygen atoms in total. The fraction of sp³-hybridized carbons (Fsp3) is 0.107. The Bertz CT molecular complexity index is 1370. The van der Waals surface area contributed by atoms with Crippen LogP contribution >= 0.6 is 22.6 Å². The first-order valence-electron chi connectivity index (χ1n) is 11.2. The van der Waals surface area contributed by atoms with Crippen molar-refractivity contribution in [2.24, 2.45) is 0 Å². The van der Waals surface area contributed by atoms with Crippen LogP contribution in [0.5, 0.6) is 17.2 Å². The summed E-state index contributed by atoms with van der Waals surface area (Å²) < 4.78 is 17.6. The maximum atomic E-state index is 13.3. The van der Waals surface area contributed by atoms with Crippen LogP contribution in [-0.2, 0) is 16.2 Å². The SMILES string of the molecule is C=CCOc1c(I)cc(/C=C2\C(=O)NC(=O)N(c3ccc(OCc4ccccc4)cc3)C2=O)cc1OC. The molecule has 3 aromatic rings. The number of anilines is 1.